The van der Waals surface area contributed by atoms with E-state index in [4.69, 9.17) is 9.47 Å². The van der Waals surface area contributed by atoms with Gasteiger partial charge in [0.25, 0.3) is 10.0 Å². The molecule has 2 aromatic rings. The zero-order valence-corrected chi connectivity index (χ0v) is 13.0. The van der Waals surface area contributed by atoms with Gasteiger partial charge in [-0.05, 0) is 26.0 Å². The van der Waals surface area contributed by atoms with Crippen LogP contribution in [0.15, 0.2) is 23.1 Å². The number of anilines is 1. The molecule has 114 valence electrons. The van der Waals surface area contributed by atoms with Crippen molar-refractivity contribution in [1.82, 2.24) is 10.2 Å². The van der Waals surface area contributed by atoms with Crippen molar-refractivity contribution < 1.29 is 17.9 Å². The van der Waals surface area contributed by atoms with E-state index >= 15 is 0 Å². The summed E-state index contributed by atoms with van der Waals surface area (Å²) in [5.74, 6) is 0.981. The monoisotopic (exact) mass is 311 g/mol. The van der Waals surface area contributed by atoms with Gasteiger partial charge in [-0.2, -0.15) is 5.10 Å². The molecule has 0 radical (unpaired) electrons. The number of ether oxygens (including phenoxy) is 2. The highest BCUT2D eigenvalue weighted by Crippen LogP contribution is 2.30. The molecule has 0 atom stereocenters. The number of benzene rings is 1. The summed E-state index contributed by atoms with van der Waals surface area (Å²) < 4.78 is 37.5. The number of aromatic nitrogens is 2. The zero-order valence-electron chi connectivity index (χ0n) is 12.2. The van der Waals surface area contributed by atoms with E-state index in [9.17, 15) is 8.42 Å². The van der Waals surface area contributed by atoms with Crippen molar-refractivity contribution in [2.45, 2.75) is 18.7 Å². The first-order valence-electron chi connectivity index (χ1n) is 6.15. The quantitative estimate of drug-likeness (QED) is 0.879. The first-order valence-corrected chi connectivity index (χ1v) is 7.63. The highest BCUT2D eigenvalue weighted by atomic mass is 32.2. The Balaban J connectivity index is 2.42. The summed E-state index contributed by atoms with van der Waals surface area (Å²) in [7, 11) is -0.906. The average Bonchev–Trinajstić information content (AvgIpc) is 2.78. The number of nitrogens with one attached hydrogen (secondary N) is 2. The number of methoxy groups -OCH3 is 2. The fraction of sp³-hybridized carbons (Fsp3) is 0.308. The van der Waals surface area contributed by atoms with E-state index in [0.29, 0.717) is 5.75 Å². The number of aryl methyl sites for hydroxylation is 1. The van der Waals surface area contributed by atoms with Gasteiger partial charge < -0.3 is 9.47 Å². The van der Waals surface area contributed by atoms with E-state index in [1.165, 1.54) is 26.4 Å². The third-order valence-corrected chi connectivity index (χ3v) is 4.52. The lowest BCUT2D eigenvalue weighted by Crippen LogP contribution is -2.15. The van der Waals surface area contributed by atoms with Crippen LogP contribution in [-0.2, 0) is 10.0 Å². The van der Waals surface area contributed by atoms with Crippen LogP contribution in [0.25, 0.3) is 0 Å². The Hall–Kier alpha value is -2.22. The Morgan fingerprint density at radius 1 is 1.19 bits per heavy atom. The van der Waals surface area contributed by atoms with Crippen LogP contribution in [0.1, 0.15) is 11.3 Å². The van der Waals surface area contributed by atoms with Crippen molar-refractivity contribution in [3.8, 4) is 11.5 Å². The number of sulfonamides is 1. The van der Waals surface area contributed by atoms with Crippen molar-refractivity contribution in [1.29, 1.82) is 0 Å². The molecule has 0 fully saturated rings. The van der Waals surface area contributed by atoms with Crippen LogP contribution in [-0.4, -0.2) is 32.8 Å². The zero-order chi connectivity index (χ0) is 15.6. The highest BCUT2D eigenvalue weighted by Gasteiger charge is 2.22. The standard InChI is InChI=1S/C13H17N3O4S/c1-8-9(2)14-15-13(8)16-21(17,18)12-6-5-10(19-3)7-11(12)20-4/h5-7H,1-4H3,(H2,14,15,16). The van der Waals surface area contributed by atoms with E-state index in [1.54, 1.807) is 13.0 Å². The van der Waals surface area contributed by atoms with Crippen LogP contribution < -0.4 is 14.2 Å². The van der Waals surface area contributed by atoms with Crippen LogP contribution >= 0.6 is 0 Å². The predicted octanol–water partition coefficient (Wildman–Crippen LogP) is 1.84. The minimum absolute atomic E-state index is 0.0193. The smallest absolute Gasteiger partial charge is 0.266 e. The molecule has 1 aromatic carbocycles. The van der Waals surface area contributed by atoms with E-state index < -0.39 is 10.0 Å². The van der Waals surface area contributed by atoms with Crippen molar-refractivity contribution in [3.63, 3.8) is 0 Å². The molecule has 8 heteroatoms. The largest absolute Gasteiger partial charge is 0.497 e. The fourth-order valence-electron chi connectivity index (χ4n) is 1.76. The minimum atomic E-state index is -3.80. The number of hydrogen-bond donors (Lipinski definition) is 2. The maximum atomic E-state index is 12.5. The highest BCUT2D eigenvalue weighted by molar-refractivity contribution is 7.92. The molecule has 0 aliphatic carbocycles. The molecule has 2 N–H and O–H groups in total. The van der Waals surface area contributed by atoms with Gasteiger partial charge in [0.15, 0.2) is 5.82 Å². The molecule has 0 saturated carbocycles. The Morgan fingerprint density at radius 3 is 2.43 bits per heavy atom. The van der Waals surface area contributed by atoms with Crippen LogP contribution in [0.5, 0.6) is 11.5 Å². The second-order valence-corrected chi connectivity index (χ2v) is 6.10. The summed E-state index contributed by atoms with van der Waals surface area (Å²) in [6.45, 7) is 3.59. The van der Waals surface area contributed by atoms with Gasteiger partial charge in [0.05, 0.1) is 14.2 Å². The predicted molar refractivity (Wildman–Crippen MR) is 78.4 cm³/mol. The summed E-state index contributed by atoms with van der Waals surface area (Å²) in [6.07, 6.45) is 0. The van der Waals surface area contributed by atoms with Crippen molar-refractivity contribution in [2.75, 3.05) is 18.9 Å². The molecule has 0 amide bonds. The molecule has 2 rings (SSSR count). The van der Waals surface area contributed by atoms with Crippen molar-refractivity contribution in [2.24, 2.45) is 0 Å². The molecule has 1 heterocycles. The lowest BCUT2D eigenvalue weighted by atomic mass is 10.3. The van der Waals surface area contributed by atoms with Gasteiger partial charge in [0, 0.05) is 17.3 Å². The first-order chi connectivity index (χ1) is 9.89. The second kappa shape index (κ2) is 5.65. The number of H-pyrrole nitrogens is 1. The molecule has 1 aromatic heterocycles. The number of hydrogen-bond acceptors (Lipinski definition) is 5. The van der Waals surface area contributed by atoms with Crippen LogP contribution in [0, 0.1) is 13.8 Å². The van der Waals surface area contributed by atoms with E-state index in [0.717, 1.165) is 11.3 Å². The van der Waals surface area contributed by atoms with E-state index in [1.807, 2.05) is 6.92 Å². The third-order valence-electron chi connectivity index (χ3n) is 3.14. The number of rotatable bonds is 5. The van der Waals surface area contributed by atoms with E-state index in [2.05, 4.69) is 14.9 Å². The molecule has 0 bridgehead atoms. The molecule has 0 aliphatic heterocycles. The Bertz CT molecular complexity index is 753. The van der Waals surface area contributed by atoms with Gasteiger partial charge in [-0.1, -0.05) is 0 Å². The Kier molecular flexibility index (Phi) is 4.08. The SMILES string of the molecule is COc1ccc(S(=O)(=O)Nc2n[nH]c(C)c2C)c(OC)c1. The molecular weight excluding hydrogens is 294 g/mol. The normalized spacial score (nSPS) is 11.2. The molecular formula is C13H17N3O4S. The van der Waals surface area contributed by atoms with Crippen molar-refractivity contribution in [3.05, 3.63) is 29.5 Å². The van der Waals surface area contributed by atoms with Gasteiger partial charge in [-0.3, -0.25) is 9.82 Å². The van der Waals surface area contributed by atoms with Gasteiger partial charge >= 0.3 is 0 Å². The maximum absolute atomic E-state index is 12.5. The Labute approximate surface area is 123 Å². The number of aromatic amines is 1. The van der Waals surface area contributed by atoms with Gasteiger partial charge in [0.2, 0.25) is 0 Å². The minimum Gasteiger partial charge on any atom is -0.497 e. The van der Waals surface area contributed by atoms with Gasteiger partial charge in [-0.15, -0.1) is 0 Å². The molecule has 0 spiro atoms. The van der Waals surface area contributed by atoms with Crippen LogP contribution in [0.4, 0.5) is 5.82 Å². The summed E-state index contributed by atoms with van der Waals surface area (Å²) in [6, 6.07) is 4.49. The summed E-state index contributed by atoms with van der Waals surface area (Å²) in [4.78, 5) is 0.0193. The van der Waals surface area contributed by atoms with Gasteiger partial charge in [0.1, 0.15) is 16.4 Å². The maximum Gasteiger partial charge on any atom is 0.266 e. The summed E-state index contributed by atoms with van der Waals surface area (Å²) in [5, 5.41) is 6.66. The number of nitrogens with zero attached hydrogens (tertiary/aromatic N) is 1. The van der Waals surface area contributed by atoms with Crippen LogP contribution in [0.2, 0.25) is 0 Å². The molecule has 0 unspecified atom stereocenters. The van der Waals surface area contributed by atoms with Crippen LogP contribution in [0.3, 0.4) is 0 Å². The molecule has 0 aliphatic rings. The topological polar surface area (TPSA) is 93.3 Å². The first kappa shape index (κ1) is 15.2. The molecule has 7 nitrogen and oxygen atoms in total. The second-order valence-electron chi connectivity index (χ2n) is 4.44. The Morgan fingerprint density at radius 2 is 1.90 bits per heavy atom. The van der Waals surface area contributed by atoms with E-state index in [-0.39, 0.29) is 16.5 Å². The molecule has 21 heavy (non-hydrogen) atoms. The summed E-state index contributed by atoms with van der Waals surface area (Å²) >= 11 is 0. The van der Waals surface area contributed by atoms with Crippen molar-refractivity contribution >= 4 is 15.8 Å². The average molecular weight is 311 g/mol. The summed E-state index contributed by atoms with van der Waals surface area (Å²) in [5.41, 5.74) is 1.54. The fourth-order valence-corrected chi connectivity index (χ4v) is 2.98. The molecule has 0 saturated heterocycles. The lowest BCUT2D eigenvalue weighted by molar-refractivity contribution is 0.386. The third kappa shape index (κ3) is 2.94. The lowest BCUT2D eigenvalue weighted by Gasteiger charge is -2.11. The van der Waals surface area contributed by atoms with Gasteiger partial charge in [-0.25, -0.2) is 8.42 Å².